The minimum absolute atomic E-state index is 0.00164. The van der Waals surface area contributed by atoms with Gasteiger partial charge in [-0.1, -0.05) is 23.7 Å². The molecular formula is C20H21ClN4O2. The molecule has 2 heterocycles. The van der Waals surface area contributed by atoms with Gasteiger partial charge in [0.15, 0.2) is 0 Å². The number of anilines is 2. The lowest BCUT2D eigenvalue weighted by Gasteiger charge is -2.23. The molecule has 2 amide bonds. The number of aromatic nitrogens is 1. The van der Waals surface area contributed by atoms with Crippen LogP contribution in [0.4, 0.5) is 11.5 Å². The topological polar surface area (TPSA) is 83.1 Å². The molecule has 1 aliphatic heterocycles. The fraction of sp³-hybridized carbons (Fsp3) is 0.350. The Hall–Kier alpha value is -2.44. The normalized spacial score (nSPS) is 20.1. The first kappa shape index (κ1) is 17.9. The first-order chi connectivity index (χ1) is 13.1. The number of carbonyl (C=O) groups is 2. The lowest BCUT2D eigenvalue weighted by atomic mass is 9.91. The van der Waals surface area contributed by atoms with Crippen molar-refractivity contribution in [3.63, 3.8) is 0 Å². The number of halogens is 1. The maximum Gasteiger partial charge on any atom is 0.258 e. The molecule has 0 radical (unpaired) electrons. The molecule has 2 aromatic rings. The fourth-order valence-electron chi connectivity index (χ4n) is 3.84. The van der Waals surface area contributed by atoms with Gasteiger partial charge in [0.2, 0.25) is 5.91 Å². The number of para-hydroxylation sites is 1. The highest BCUT2D eigenvalue weighted by Gasteiger charge is 2.57. The number of nitrogens with zero attached hydrogens (tertiary/aromatic N) is 1. The Labute approximate surface area is 162 Å². The minimum atomic E-state index is -0.326. The molecule has 1 aromatic carbocycles. The number of amides is 2. The number of rotatable bonds is 4. The Morgan fingerprint density at radius 1 is 1.11 bits per heavy atom. The highest BCUT2D eigenvalue weighted by Crippen LogP contribution is 2.58. The highest BCUT2D eigenvalue weighted by molar-refractivity contribution is 6.30. The van der Waals surface area contributed by atoms with Gasteiger partial charge >= 0.3 is 0 Å². The molecule has 1 atom stereocenters. The van der Waals surface area contributed by atoms with Crippen molar-refractivity contribution in [1.82, 2.24) is 10.3 Å². The number of hydrogen-bond acceptors (Lipinski definition) is 4. The molecular weight excluding hydrogens is 364 g/mol. The van der Waals surface area contributed by atoms with Gasteiger partial charge in [-0.3, -0.25) is 9.59 Å². The summed E-state index contributed by atoms with van der Waals surface area (Å²) in [5, 5.41) is 9.53. The van der Waals surface area contributed by atoms with Crippen molar-refractivity contribution >= 4 is 34.9 Å². The number of hydrogen-bond donors (Lipinski definition) is 3. The van der Waals surface area contributed by atoms with Crippen LogP contribution in [0.25, 0.3) is 0 Å². The van der Waals surface area contributed by atoms with E-state index in [1.54, 1.807) is 36.4 Å². The predicted molar refractivity (Wildman–Crippen MR) is 105 cm³/mol. The third-order valence-corrected chi connectivity index (χ3v) is 5.73. The number of piperidine rings is 1. The van der Waals surface area contributed by atoms with Crippen LogP contribution >= 0.6 is 11.6 Å². The van der Waals surface area contributed by atoms with Crippen LogP contribution in [-0.4, -0.2) is 29.9 Å². The van der Waals surface area contributed by atoms with E-state index in [0.29, 0.717) is 22.1 Å². The smallest absolute Gasteiger partial charge is 0.258 e. The van der Waals surface area contributed by atoms with Crippen LogP contribution in [-0.2, 0) is 4.79 Å². The molecule has 4 rings (SSSR count). The van der Waals surface area contributed by atoms with E-state index in [0.717, 1.165) is 32.4 Å². The summed E-state index contributed by atoms with van der Waals surface area (Å²) in [5.74, 6) is 0.116. The van der Waals surface area contributed by atoms with Gasteiger partial charge < -0.3 is 16.0 Å². The van der Waals surface area contributed by atoms with Crippen LogP contribution in [0.3, 0.4) is 0 Å². The van der Waals surface area contributed by atoms with Crippen molar-refractivity contribution in [2.45, 2.75) is 19.3 Å². The summed E-state index contributed by atoms with van der Waals surface area (Å²) >= 11 is 5.82. The summed E-state index contributed by atoms with van der Waals surface area (Å²) in [5.41, 5.74) is 1.08. The van der Waals surface area contributed by atoms with E-state index in [1.807, 2.05) is 0 Å². The van der Waals surface area contributed by atoms with E-state index in [2.05, 4.69) is 20.9 Å². The lowest BCUT2D eigenvalue weighted by Crippen LogP contribution is -2.31. The third kappa shape index (κ3) is 3.82. The van der Waals surface area contributed by atoms with Gasteiger partial charge in [0, 0.05) is 12.1 Å². The molecule has 2 fully saturated rings. The Balaban J connectivity index is 1.45. The van der Waals surface area contributed by atoms with Crippen molar-refractivity contribution in [3.8, 4) is 0 Å². The van der Waals surface area contributed by atoms with Gasteiger partial charge in [0.05, 0.1) is 16.3 Å². The second kappa shape index (κ2) is 7.29. The Bertz CT molecular complexity index is 863. The summed E-state index contributed by atoms with van der Waals surface area (Å²) in [7, 11) is 0. The highest BCUT2D eigenvalue weighted by atomic mass is 35.5. The average Bonchev–Trinajstić information content (AvgIpc) is 3.37. The van der Waals surface area contributed by atoms with Gasteiger partial charge in [-0.25, -0.2) is 4.98 Å². The lowest BCUT2D eigenvalue weighted by molar-refractivity contribution is -0.118. The van der Waals surface area contributed by atoms with Crippen LogP contribution in [0, 0.1) is 11.3 Å². The molecule has 27 heavy (non-hydrogen) atoms. The van der Waals surface area contributed by atoms with Gasteiger partial charge in [0.1, 0.15) is 5.82 Å². The summed E-state index contributed by atoms with van der Waals surface area (Å²) in [6.07, 6.45) is 4.48. The quantitative estimate of drug-likeness (QED) is 0.755. The zero-order valence-electron chi connectivity index (χ0n) is 14.8. The van der Waals surface area contributed by atoms with Crippen molar-refractivity contribution in [2.24, 2.45) is 11.3 Å². The molecule has 1 saturated heterocycles. The van der Waals surface area contributed by atoms with Gasteiger partial charge in [0.25, 0.3) is 5.91 Å². The van der Waals surface area contributed by atoms with Crippen LogP contribution < -0.4 is 16.0 Å². The first-order valence-corrected chi connectivity index (χ1v) is 9.49. The first-order valence-electron chi connectivity index (χ1n) is 9.11. The number of pyridine rings is 1. The van der Waals surface area contributed by atoms with E-state index in [1.165, 1.54) is 6.20 Å². The number of nitrogens with one attached hydrogen (secondary N) is 3. The summed E-state index contributed by atoms with van der Waals surface area (Å²) in [6.45, 7) is 1.94. The molecule has 1 aromatic heterocycles. The monoisotopic (exact) mass is 384 g/mol. The predicted octanol–water partition coefficient (Wildman–Crippen LogP) is 3.32. The maximum absolute atomic E-state index is 12.7. The van der Waals surface area contributed by atoms with Crippen LogP contribution in [0.2, 0.25) is 5.02 Å². The molecule has 6 nitrogen and oxygen atoms in total. The second-order valence-electron chi connectivity index (χ2n) is 7.22. The Morgan fingerprint density at radius 3 is 2.63 bits per heavy atom. The molecule has 1 saturated carbocycles. The van der Waals surface area contributed by atoms with Crippen LogP contribution in [0.1, 0.15) is 29.6 Å². The molecule has 1 aliphatic carbocycles. The van der Waals surface area contributed by atoms with Gasteiger partial charge in [-0.2, -0.15) is 0 Å². The molecule has 3 N–H and O–H groups in total. The number of carbonyl (C=O) groups excluding carboxylic acids is 2. The van der Waals surface area contributed by atoms with Gasteiger partial charge in [-0.15, -0.1) is 0 Å². The zero-order valence-corrected chi connectivity index (χ0v) is 15.6. The zero-order chi connectivity index (χ0) is 18.9. The van der Waals surface area contributed by atoms with E-state index in [4.69, 9.17) is 11.6 Å². The van der Waals surface area contributed by atoms with E-state index >= 15 is 0 Å². The van der Waals surface area contributed by atoms with Crippen molar-refractivity contribution in [2.75, 3.05) is 23.7 Å². The summed E-state index contributed by atoms with van der Waals surface area (Å²) < 4.78 is 0. The SMILES string of the molecule is O=C(Nc1ccc(Cl)cn1)c1ccccc1NC(=O)C1CC12CCNCC2. The minimum Gasteiger partial charge on any atom is -0.325 e. The third-order valence-electron chi connectivity index (χ3n) is 5.50. The molecule has 1 unspecified atom stereocenters. The fourth-order valence-corrected chi connectivity index (χ4v) is 3.95. The van der Waals surface area contributed by atoms with Crippen LogP contribution in [0.15, 0.2) is 42.6 Å². The van der Waals surface area contributed by atoms with Gasteiger partial charge in [-0.05, 0) is 62.0 Å². The summed E-state index contributed by atoms with van der Waals surface area (Å²) in [6, 6.07) is 10.3. The Morgan fingerprint density at radius 2 is 1.89 bits per heavy atom. The molecule has 7 heteroatoms. The van der Waals surface area contributed by atoms with Crippen molar-refractivity contribution in [3.05, 3.63) is 53.2 Å². The van der Waals surface area contributed by atoms with Crippen LogP contribution in [0.5, 0.6) is 0 Å². The molecule has 1 spiro atoms. The molecule has 2 aliphatic rings. The number of benzene rings is 1. The van der Waals surface area contributed by atoms with E-state index in [9.17, 15) is 9.59 Å². The van der Waals surface area contributed by atoms with E-state index in [-0.39, 0.29) is 23.1 Å². The standard InChI is InChI=1S/C20H21ClN4O2/c21-13-5-6-17(23-12-13)25-18(26)14-3-1-2-4-16(14)24-19(27)15-11-20(15)7-9-22-10-8-20/h1-6,12,15,22H,7-11H2,(H,24,27)(H,23,25,26). The molecule has 140 valence electrons. The molecule has 0 bridgehead atoms. The average molecular weight is 385 g/mol. The van der Waals surface area contributed by atoms with Crippen molar-refractivity contribution in [1.29, 1.82) is 0 Å². The summed E-state index contributed by atoms with van der Waals surface area (Å²) in [4.78, 5) is 29.4. The maximum atomic E-state index is 12.7. The second-order valence-corrected chi connectivity index (χ2v) is 7.66. The largest absolute Gasteiger partial charge is 0.325 e. The van der Waals surface area contributed by atoms with Crippen molar-refractivity contribution < 1.29 is 9.59 Å². The Kier molecular flexibility index (Phi) is 4.85. The van der Waals surface area contributed by atoms with E-state index < -0.39 is 0 Å².